The third-order valence-corrected chi connectivity index (χ3v) is 5.34. The third kappa shape index (κ3) is 3.18. The van der Waals surface area contributed by atoms with E-state index in [1.54, 1.807) is 18.9 Å². The molecule has 1 heterocycles. The number of rotatable bonds is 5. The van der Waals surface area contributed by atoms with Gasteiger partial charge in [0.25, 0.3) is 0 Å². The van der Waals surface area contributed by atoms with Crippen LogP contribution in [0.5, 0.6) is 5.75 Å². The molecule has 0 aliphatic heterocycles. The maximum Gasteiger partial charge on any atom is 0.196 e. The predicted molar refractivity (Wildman–Crippen MR) is 106 cm³/mol. The van der Waals surface area contributed by atoms with Crippen LogP contribution in [0.25, 0.3) is 16.5 Å². The molecule has 0 radical (unpaired) electrons. The topological polar surface area (TPSA) is 39.9 Å². The van der Waals surface area contributed by atoms with E-state index in [0.717, 1.165) is 28.2 Å². The molecule has 4 rings (SSSR count). The summed E-state index contributed by atoms with van der Waals surface area (Å²) in [7, 11) is 1.67. The highest BCUT2D eigenvalue weighted by atomic mass is 32.2. The van der Waals surface area contributed by atoms with Crippen molar-refractivity contribution in [2.45, 2.75) is 17.8 Å². The summed E-state index contributed by atoms with van der Waals surface area (Å²) in [6, 6.07) is 22.9. The summed E-state index contributed by atoms with van der Waals surface area (Å²) < 4.78 is 7.33. The molecule has 0 saturated heterocycles. The van der Waals surface area contributed by atoms with Gasteiger partial charge in [0.05, 0.1) is 7.11 Å². The normalized spacial score (nSPS) is 11.0. The summed E-state index contributed by atoms with van der Waals surface area (Å²) in [6.07, 6.45) is 0. The molecule has 0 unspecified atom stereocenters. The van der Waals surface area contributed by atoms with Crippen molar-refractivity contribution in [3.05, 3.63) is 78.1 Å². The zero-order chi connectivity index (χ0) is 17.9. The number of benzene rings is 3. The second-order valence-corrected chi connectivity index (χ2v) is 6.93. The number of ether oxygens (including phenoxy) is 1. The fraction of sp³-hybridized carbons (Fsp3) is 0.143. The van der Waals surface area contributed by atoms with E-state index in [1.165, 1.54) is 16.3 Å². The number of thioether (sulfide) groups is 1. The fourth-order valence-corrected chi connectivity index (χ4v) is 4.03. The highest BCUT2D eigenvalue weighted by molar-refractivity contribution is 7.98. The molecule has 0 amide bonds. The third-order valence-electron chi connectivity index (χ3n) is 4.36. The number of hydrogen-bond acceptors (Lipinski definition) is 4. The maximum absolute atomic E-state index is 5.25. The fourth-order valence-electron chi connectivity index (χ4n) is 3.03. The summed E-state index contributed by atoms with van der Waals surface area (Å²) in [5.74, 6) is 2.55. The summed E-state index contributed by atoms with van der Waals surface area (Å²) >= 11 is 1.70. The van der Waals surface area contributed by atoms with Gasteiger partial charge in [-0.05, 0) is 47.5 Å². The van der Waals surface area contributed by atoms with Crippen LogP contribution in [0, 0.1) is 6.92 Å². The molecule has 0 aliphatic rings. The molecule has 0 spiro atoms. The van der Waals surface area contributed by atoms with Gasteiger partial charge in [-0.25, -0.2) is 0 Å². The molecule has 0 saturated carbocycles. The number of nitrogens with zero attached hydrogens (tertiary/aromatic N) is 3. The van der Waals surface area contributed by atoms with Crippen LogP contribution < -0.4 is 4.74 Å². The standard InChI is InChI=1S/C21H19N3OS/c1-15-22-23-21(24(15)18-10-12-19(25-2)13-11-18)26-14-17-8-5-7-16-6-3-4-9-20(16)17/h3-13H,14H2,1-2H3. The molecule has 0 N–H and O–H groups in total. The van der Waals surface area contributed by atoms with Gasteiger partial charge in [-0.3, -0.25) is 4.57 Å². The highest BCUT2D eigenvalue weighted by Gasteiger charge is 2.12. The Morgan fingerprint density at radius 1 is 0.923 bits per heavy atom. The van der Waals surface area contributed by atoms with Crippen molar-refractivity contribution in [2.75, 3.05) is 7.11 Å². The Morgan fingerprint density at radius 2 is 1.69 bits per heavy atom. The highest BCUT2D eigenvalue weighted by Crippen LogP contribution is 2.29. The van der Waals surface area contributed by atoms with Gasteiger partial charge in [0.1, 0.15) is 11.6 Å². The number of aryl methyl sites for hydroxylation is 1. The van der Waals surface area contributed by atoms with Crippen LogP contribution in [-0.2, 0) is 5.75 Å². The van der Waals surface area contributed by atoms with Crippen LogP contribution in [0.4, 0.5) is 0 Å². The summed E-state index contributed by atoms with van der Waals surface area (Å²) in [5.41, 5.74) is 2.34. The zero-order valence-electron chi connectivity index (χ0n) is 14.7. The second-order valence-electron chi connectivity index (χ2n) is 5.99. The molecular formula is C21H19N3OS. The smallest absolute Gasteiger partial charge is 0.196 e. The molecule has 5 heteroatoms. The first-order chi connectivity index (χ1) is 12.8. The lowest BCUT2D eigenvalue weighted by molar-refractivity contribution is 0.414. The van der Waals surface area contributed by atoms with E-state index in [1.807, 2.05) is 31.2 Å². The van der Waals surface area contributed by atoms with E-state index in [-0.39, 0.29) is 0 Å². The van der Waals surface area contributed by atoms with Gasteiger partial charge in [0, 0.05) is 11.4 Å². The van der Waals surface area contributed by atoms with Crippen molar-refractivity contribution in [2.24, 2.45) is 0 Å². The molecule has 0 fully saturated rings. The van der Waals surface area contributed by atoms with E-state index in [2.05, 4.69) is 57.2 Å². The second kappa shape index (κ2) is 7.22. The van der Waals surface area contributed by atoms with Crippen molar-refractivity contribution in [1.29, 1.82) is 0 Å². The van der Waals surface area contributed by atoms with Crippen molar-refractivity contribution >= 4 is 22.5 Å². The average molecular weight is 361 g/mol. The van der Waals surface area contributed by atoms with Gasteiger partial charge in [-0.15, -0.1) is 10.2 Å². The van der Waals surface area contributed by atoms with Crippen LogP contribution >= 0.6 is 11.8 Å². The Bertz CT molecular complexity index is 1040. The molecule has 0 aliphatic carbocycles. The Balaban J connectivity index is 1.63. The molecule has 0 bridgehead atoms. The van der Waals surface area contributed by atoms with Crippen LogP contribution in [-0.4, -0.2) is 21.9 Å². The average Bonchev–Trinajstić information content (AvgIpc) is 3.07. The first-order valence-corrected chi connectivity index (χ1v) is 9.41. The number of aromatic nitrogens is 3. The first kappa shape index (κ1) is 16.7. The van der Waals surface area contributed by atoms with Crippen LogP contribution in [0.2, 0.25) is 0 Å². The van der Waals surface area contributed by atoms with Gasteiger partial charge in [-0.1, -0.05) is 54.2 Å². The van der Waals surface area contributed by atoms with Crippen LogP contribution in [0.15, 0.2) is 71.9 Å². The van der Waals surface area contributed by atoms with Crippen molar-refractivity contribution in [3.63, 3.8) is 0 Å². The predicted octanol–water partition coefficient (Wildman–Crippen LogP) is 5.03. The number of methoxy groups -OCH3 is 1. The maximum atomic E-state index is 5.25. The quantitative estimate of drug-likeness (QED) is 0.468. The minimum Gasteiger partial charge on any atom is -0.497 e. The summed E-state index contributed by atoms with van der Waals surface area (Å²) in [6.45, 7) is 1.97. The largest absolute Gasteiger partial charge is 0.497 e. The minimum absolute atomic E-state index is 0.837. The van der Waals surface area contributed by atoms with E-state index >= 15 is 0 Å². The molecular weight excluding hydrogens is 342 g/mol. The molecule has 26 heavy (non-hydrogen) atoms. The van der Waals surface area contributed by atoms with E-state index in [9.17, 15) is 0 Å². The first-order valence-electron chi connectivity index (χ1n) is 8.42. The summed E-state index contributed by atoms with van der Waals surface area (Å²) in [4.78, 5) is 0. The number of hydrogen-bond donors (Lipinski definition) is 0. The summed E-state index contributed by atoms with van der Waals surface area (Å²) in [5, 5.41) is 12.1. The minimum atomic E-state index is 0.837. The van der Waals surface area contributed by atoms with Gasteiger partial charge < -0.3 is 4.74 Å². The van der Waals surface area contributed by atoms with Crippen LogP contribution in [0.1, 0.15) is 11.4 Å². The number of fused-ring (bicyclic) bond motifs is 1. The molecule has 130 valence electrons. The Morgan fingerprint density at radius 3 is 2.50 bits per heavy atom. The molecule has 0 atom stereocenters. The van der Waals surface area contributed by atoms with Crippen molar-refractivity contribution in [3.8, 4) is 11.4 Å². The lowest BCUT2D eigenvalue weighted by Crippen LogP contribution is -1.99. The van der Waals surface area contributed by atoms with Gasteiger partial charge in [-0.2, -0.15) is 0 Å². The van der Waals surface area contributed by atoms with Crippen molar-refractivity contribution in [1.82, 2.24) is 14.8 Å². The van der Waals surface area contributed by atoms with Crippen molar-refractivity contribution < 1.29 is 4.74 Å². The van der Waals surface area contributed by atoms with E-state index in [4.69, 9.17) is 4.74 Å². The van der Waals surface area contributed by atoms with Gasteiger partial charge in [0.15, 0.2) is 5.16 Å². The molecule has 4 aromatic rings. The Hall–Kier alpha value is -2.79. The lowest BCUT2D eigenvalue weighted by Gasteiger charge is -2.10. The molecule has 3 aromatic carbocycles. The van der Waals surface area contributed by atoms with Crippen LogP contribution in [0.3, 0.4) is 0 Å². The lowest BCUT2D eigenvalue weighted by atomic mass is 10.1. The molecule has 1 aromatic heterocycles. The SMILES string of the molecule is COc1ccc(-n2c(C)nnc2SCc2cccc3ccccc23)cc1. The van der Waals surface area contributed by atoms with Gasteiger partial charge >= 0.3 is 0 Å². The van der Waals surface area contributed by atoms with E-state index in [0.29, 0.717) is 0 Å². The zero-order valence-corrected chi connectivity index (χ0v) is 15.5. The monoisotopic (exact) mass is 361 g/mol. The van der Waals surface area contributed by atoms with E-state index < -0.39 is 0 Å². The van der Waals surface area contributed by atoms with Gasteiger partial charge in [0.2, 0.25) is 0 Å². The Labute approximate surface area is 156 Å². The molecule has 4 nitrogen and oxygen atoms in total. The Kier molecular flexibility index (Phi) is 4.63.